The van der Waals surface area contributed by atoms with E-state index >= 15 is 0 Å². The molecule has 0 atom stereocenters. The smallest absolute Gasteiger partial charge is 0.245 e. The number of hydrogen-bond donors (Lipinski definition) is 1. The normalized spacial score (nSPS) is 18.1. The molecule has 1 aromatic carbocycles. The number of piperazine rings is 1. The molecular weight excluding hydrogens is 308 g/mol. The predicted octanol–water partition coefficient (Wildman–Crippen LogP) is 1.73. The summed E-state index contributed by atoms with van der Waals surface area (Å²) >= 11 is 3.39. The molecule has 0 unspecified atom stereocenters. The van der Waals surface area contributed by atoms with Crippen molar-refractivity contribution < 1.29 is 9.59 Å². The van der Waals surface area contributed by atoms with Crippen LogP contribution in [-0.4, -0.2) is 35.3 Å². The number of benzene rings is 1. The topological polar surface area (TPSA) is 49.4 Å². The number of carbonyl (C=O) groups excluding carboxylic acids is 2. The van der Waals surface area contributed by atoms with Gasteiger partial charge in [-0.3, -0.25) is 9.59 Å². The van der Waals surface area contributed by atoms with Crippen molar-refractivity contribution in [3.8, 4) is 0 Å². The first-order chi connectivity index (χ1) is 8.91. The van der Waals surface area contributed by atoms with Gasteiger partial charge in [-0.25, -0.2) is 0 Å². The number of nitrogens with one attached hydrogen (secondary N) is 1. The van der Waals surface area contributed by atoms with Crippen LogP contribution in [0.3, 0.4) is 0 Å². The van der Waals surface area contributed by atoms with Crippen molar-refractivity contribution in [2.75, 3.05) is 13.1 Å². The predicted molar refractivity (Wildman–Crippen MR) is 76.6 cm³/mol. The first kappa shape index (κ1) is 14.1. The van der Waals surface area contributed by atoms with E-state index in [1.165, 1.54) is 0 Å². The minimum absolute atomic E-state index is 0.0158. The van der Waals surface area contributed by atoms with Gasteiger partial charge in [0.15, 0.2) is 0 Å². The van der Waals surface area contributed by atoms with Crippen LogP contribution in [0.1, 0.15) is 19.4 Å². The molecule has 1 saturated heterocycles. The van der Waals surface area contributed by atoms with Crippen LogP contribution in [0.25, 0.3) is 0 Å². The fourth-order valence-corrected chi connectivity index (χ4v) is 2.70. The zero-order valence-corrected chi connectivity index (χ0v) is 12.7. The molecule has 1 aromatic rings. The van der Waals surface area contributed by atoms with E-state index in [4.69, 9.17) is 0 Å². The lowest BCUT2D eigenvalue weighted by Crippen LogP contribution is -2.63. The van der Waals surface area contributed by atoms with Gasteiger partial charge in [0.05, 0.1) is 6.42 Å². The Bertz CT molecular complexity index is 514. The molecule has 0 radical (unpaired) electrons. The zero-order chi connectivity index (χ0) is 14.0. The van der Waals surface area contributed by atoms with Crippen molar-refractivity contribution in [2.24, 2.45) is 0 Å². The van der Waals surface area contributed by atoms with E-state index in [1.807, 2.05) is 24.3 Å². The molecule has 19 heavy (non-hydrogen) atoms. The van der Waals surface area contributed by atoms with E-state index in [0.29, 0.717) is 19.5 Å². The molecule has 0 aromatic heterocycles. The molecule has 4 nitrogen and oxygen atoms in total. The Morgan fingerprint density at radius 3 is 2.89 bits per heavy atom. The number of rotatable bonds is 2. The largest absolute Gasteiger partial charge is 0.352 e. The van der Waals surface area contributed by atoms with E-state index in [2.05, 4.69) is 21.2 Å². The summed E-state index contributed by atoms with van der Waals surface area (Å²) in [6.45, 7) is 4.64. The molecule has 0 spiro atoms. The second kappa shape index (κ2) is 5.33. The van der Waals surface area contributed by atoms with Crippen LogP contribution < -0.4 is 5.32 Å². The maximum absolute atomic E-state index is 12.4. The van der Waals surface area contributed by atoms with Crippen molar-refractivity contribution in [3.63, 3.8) is 0 Å². The summed E-state index contributed by atoms with van der Waals surface area (Å²) < 4.78 is 0.952. The highest BCUT2D eigenvalue weighted by molar-refractivity contribution is 9.10. The first-order valence-electron chi connectivity index (χ1n) is 6.24. The van der Waals surface area contributed by atoms with Gasteiger partial charge in [-0.15, -0.1) is 0 Å². The maximum atomic E-state index is 12.4. The van der Waals surface area contributed by atoms with Crippen molar-refractivity contribution >= 4 is 27.7 Å². The minimum Gasteiger partial charge on any atom is -0.352 e. The van der Waals surface area contributed by atoms with E-state index in [-0.39, 0.29) is 11.8 Å². The molecule has 1 aliphatic rings. The second-order valence-corrected chi connectivity index (χ2v) is 6.08. The molecule has 1 N–H and O–H groups in total. The number of nitrogens with zero attached hydrogens (tertiary/aromatic N) is 1. The lowest BCUT2D eigenvalue weighted by molar-refractivity contribution is -0.148. The molecular formula is C14H17BrN2O2. The van der Waals surface area contributed by atoms with Crippen LogP contribution in [0.5, 0.6) is 0 Å². The van der Waals surface area contributed by atoms with Crippen LogP contribution >= 0.6 is 15.9 Å². The first-order valence-corrected chi connectivity index (χ1v) is 7.04. The Morgan fingerprint density at radius 1 is 1.47 bits per heavy atom. The van der Waals surface area contributed by atoms with Crippen LogP contribution in [-0.2, 0) is 16.0 Å². The Labute approximate surface area is 121 Å². The van der Waals surface area contributed by atoms with Crippen molar-refractivity contribution in [2.45, 2.75) is 25.8 Å². The second-order valence-electron chi connectivity index (χ2n) is 5.17. The standard InChI is InChI=1S/C14H17BrN2O2/c1-14(2)13(19)16-6-7-17(14)12(18)9-10-4-3-5-11(15)8-10/h3-5,8H,6-7,9H2,1-2H3,(H,16,19). The molecule has 1 aliphatic heterocycles. The summed E-state index contributed by atoms with van der Waals surface area (Å²) in [4.78, 5) is 25.9. The van der Waals surface area contributed by atoms with Gasteiger partial charge in [0, 0.05) is 17.6 Å². The van der Waals surface area contributed by atoms with E-state index in [9.17, 15) is 9.59 Å². The molecule has 5 heteroatoms. The van der Waals surface area contributed by atoms with Crippen molar-refractivity contribution in [1.29, 1.82) is 0 Å². The molecule has 0 bridgehead atoms. The summed E-state index contributed by atoms with van der Waals surface area (Å²) in [5.74, 6) is -0.112. The highest BCUT2D eigenvalue weighted by Gasteiger charge is 2.40. The van der Waals surface area contributed by atoms with Gasteiger partial charge in [-0.05, 0) is 31.5 Å². The molecule has 1 heterocycles. The quantitative estimate of drug-likeness (QED) is 0.900. The van der Waals surface area contributed by atoms with Gasteiger partial charge in [-0.1, -0.05) is 28.1 Å². The Hall–Kier alpha value is -1.36. The molecule has 0 aliphatic carbocycles. The number of amides is 2. The summed E-state index contributed by atoms with van der Waals surface area (Å²) in [5, 5.41) is 2.79. The zero-order valence-electron chi connectivity index (χ0n) is 11.1. The average Bonchev–Trinajstić information content (AvgIpc) is 2.32. The third-order valence-corrected chi connectivity index (χ3v) is 3.89. The van der Waals surface area contributed by atoms with Gasteiger partial charge in [0.2, 0.25) is 11.8 Å². The number of hydrogen-bond acceptors (Lipinski definition) is 2. The van der Waals surface area contributed by atoms with E-state index in [0.717, 1.165) is 10.0 Å². The van der Waals surface area contributed by atoms with Crippen LogP contribution in [0.4, 0.5) is 0 Å². The Balaban J connectivity index is 2.13. The fourth-order valence-electron chi connectivity index (χ4n) is 2.25. The van der Waals surface area contributed by atoms with Crippen molar-refractivity contribution in [3.05, 3.63) is 34.3 Å². The molecule has 102 valence electrons. The lowest BCUT2D eigenvalue weighted by Gasteiger charge is -2.41. The van der Waals surface area contributed by atoms with Gasteiger partial charge >= 0.3 is 0 Å². The Morgan fingerprint density at radius 2 is 2.21 bits per heavy atom. The Kier molecular flexibility index (Phi) is 3.94. The highest BCUT2D eigenvalue weighted by Crippen LogP contribution is 2.20. The number of carbonyl (C=O) groups is 2. The maximum Gasteiger partial charge on any atom is 0.245 e. The SMILES string of the molecule is CC1(C)C(=O)NCCN1C(=O)Cc1cccc(Br)c1. The summed E-state index contributed by atoms with van der Waals surface area (Å²) in [7, 11) is 0. The summed E-state index contributed by atoms with van der Waals surface area (Å²) in [5.41, 5.74) is 0.169. The lowest BCUT2D eigenvalue weighted by atomic mass is 9.97. The van der Waals surface area contributed by atoms with Crippen LogP contribution in [0.15, 0.2) is 28.7 Å². The van der Waals surface area contributed by atoms with E-state index in [1.54, 1.807) is 18.7 Å². The monoisotopic (exact) mass is 324 g/mol. The van der Waals surface area contributed by atoms with Crippen LogP contribution in [0, 0.1) is 0 Å². The molecule has 2 rings (SSSR count). The third-order valence-electron chi connectivity index (χ3n) is 3.40. The molecule has 1 fully saturated rings. The van der Waals surface area contributed by atoms with Gasteiger partial charge in [0.25, 0.3) is 0 Å². The van der Waals surface area contributed by atoms with Gasteiger partial charge in [-0.2, -0.15) is 0 Å². The van der Waals surface area contributed by atoms with Gasteiger partial charge in [0.1, 0.15) is 5.54 Å². The minimum atomic E-state index is -0.776. The number of halogens is 1. The van der Waals surface area contributed by atoms with Gasteiger partial charge < -0.3 is 10.2 Å². The summed E-state index contributed by atoms with van der Waals surface area (Å²) in [6.07, 6.45) is 0.316. The fraction of sp³-hybridized carbons (Fsp3) is 0.429. The highest BCUT2D eigenvalue weighted by atomic mass is 79.9. The summed E-state index contributed by atoms with van der Waals surface area (Å²) in [6, 6.07) is 7.67. The van der Waals surface area contributed by atoms with E-state index < -0.39 is 5.54 Å². The average molecular weight is 325 g/mol. The van der Waals surface area contributed by atoms with Crippen molar-refractivity contribution in [1.82, 2.24) is 10.2 Å². The molecule has 2 amide bonds. The van der Waals surface area contributed by atoms with Crippen LogP contribution in [0.2, 0.25) is 0 Å². The molecule has 0 saturated carbocycles. The third kappa shape index (κ3) is 2.97.